The van der Waals surface area contributed by atoms with E-state index in [1.165, 1.54) is 0 Å². The van der Waals surface area contributed by atoms with Crippen LogP contribution in [0.3, 0.4) is 0 Å². The number of hydrogen-bond acceptors (Lipinski definition) is 4. The minimum absolute atomic E-state index is 0.278. The van der Waals surface area contributed by atoms with Crippen LogP contribution < -0.4 is 9.47 Å². The van der Waals surface area contributed by atoms with Crippen molar-refractivity contribution in [3.05, 3.63) is 23.8 Å². The highest BCUT2D eigenvalue weighted by molar-refractivity contribution is 5.38. The summed E-state index contributed by atoms with van der Waals surface area (Å²) >= 11 is 0. The fourth-order valence-electron chi connectivity index (χ4n) is 2.32. The van der Waals surface area contributed by atoms with Crippen molar-refractivity contribution >= 4 is 0 Å². The SMILES string of the molecule is CCC(O)CN(CCC(C)C)Cc1cc(OC)cc(OC)c1. The van der Waals surface area contributed by atoms with Crippen molar-refractivity contribution in [2.45, 2.75) is 46.3 Å². The largest absolute Gasteiger partial charge is 0.497 e. The van der Waals surface area contributed by atoms with Gasteiger partial charge < -0.3 is 14.6 Å². The van der Waals surface area contributed by atoms with Crippen LogP contribution in [0.15, 0.2) is 18.2 Å². The number of nitrogens with zero attached hydrogens (tertiary/aromatic N) is 1. The van der Waals surface area contributed by atoms with Gasteiger partial charge in [0.1, 0.15) is 11.5 Å². The van der Waals surface area contributed by atoms with E-state index in [9.17, 15) is 5.11 Å². The maximum Gasteiger partial charge on any atom is 0.122 e. The fraction of sp³-hybridized carbons (Fsp3) is 0.667. The second-order valence-corrected chi connectivity index (χ2v) is 6.20. The Morgan fingerprint density at radius 2 is 1.68 bits per heavy atom. The lowest BCUT2D eigenvalue weighted by molar-refractivity contribution is 0.102. The van der Waals surface area contributed by atoms with E-state index < -0.39 is 0 Å². The van der Waals surface area contributed by atoms with Gasteiger partial charge in [0.25, 0.3) is 0 Å². The van der Waals surface area contributed by atoms with Crippen molar-refractivity contribution in [2.24, 2.45) is 5.92 Å². The molecule has 1 N–H and O–H groups in total. The Balaban J connectivity index is 2.82. The third-order valence-corrected chi connectivity index (χ3v) is 3.78. The van der Waals surface area contributed by atoms with Gasteiger partial charge in [0.2, 0.25) is 0 Å². The number of rotatable bonds is 10. The summed E-state index contributed by atoms with van der Waals surface area (Å²) < 4.78 is 10.7. The molecule has 0 heterocycles. The first-order chi connectivity index (χ1) is 10.5. The Morgan fingerprint density at radius 1 is 1.09 bits per heavy atom. The minimum Gasteiger partial charge on any atom is -0.497 e. The normalized spacial score (nSPS) is 12.7. The summed E-state index contributed by atoms with van der Waals surface area (Å²) in [5, 5.41) is 9.98. The van der Waals surface area contributed by atoms with Crippen LogP contribution in [0.1, 0.15) is 39.2 Å². The highest BCUT2D eigenvalue weighted by atomic mass is 16.5. The quantitative estimate of drug-likeness (QED) is 0.720. The highest BCUT2D eigenvalue weighted by Gasteiger charge is 2.13. The van der Waals surface area contributed by atoms with Gasteiger partial charge in [0.05, 0.1) is 20.3 Å². The molecule has 0 amide bonds. The smallest absolute Gasteiger partial charge is 0.122 e. The van der Waals surface area contributed by atoms with Gasteiger partial charge in [0.15, 0.2) is 0 Å². The predicted octanol–water partition coefficient (Wildman–Crippen LogP) is 3.32. The molecule has 1 unspecified atom stereocenters. The fourth-order valence-corrected chi connectivity index (χ4v) is 2.32. The zero-order valence-corrected chi connectivity index (χ0v) is 14.6. The average molecular weight is 309 g/mol. The molecule has 126 valence electrons. The van der Waals surface area contributed by atoms with Gasteiger partial charge >= 0.3 is 0 Å². The molecule has 1 aromatic rings. The predicted molar refractivity (Wildman–Crippen MR) is 90.6 cm³/mol. The van der Waals surface area contributed by atoms with E-state index in [2.05, 4.69) is 18.7 Å². The standard InChI is InChI=1S/C18H31NO3/c1-6-16(20)13-19(8-7-14(2)3)12-15-9-17(21-4)11-18(10-15)22-5/h9-11,14,16,20H,6-8,12-13H2,1-5H3. The van der Waals surface area contributed by atoms with Crippen LogP contribution in [-0.4, -0.2) is 43.4 Å². The molecule has 1 atom stereocenters. The summed E-state index contributed by atoms with van der Waals surface area (Å²) in [6.45, 7) is 8.93. The Hall–Kier alpha value is -1.26. The van der Waals surface area contributed by atoms with Crippen LogP contribution in [0.25, 0.3) is 0 Å². The average Bonchev–Trinajstić information content (AvgIpc) is 2.51. The lowest BCUT2D eigenvalue weighted by Crippen LogP contribution is -2.33. The molecule has 1 aromatic carbocycles. The molecular weight excluding hydrogens is 278 g/mol. The van der Waals surface area contributed by atoms with Gasteiger partial charge in [-0.1, -0.05) is 20.8 Å². The number of hydrogen-bond donors (Lipinski definition) is 1. The van der Waals surface area contributed by atoms with Crippen LogP contribution in [0.2, 0.25) is 0 Å². The molecule has 0 aliphatic heterocycles. The number of methoxy groups -OCH3 is 2. The molecule has 0 aliphatic carbocycles. The van der Waals surface area contributed by atoms with Gasteiger partial charge in [-0.05, 0) is 43.0 Å². The summed E-state index contributed by atoms with van der Waals surface area (Å²) in [7, 11) is 3.33. The molecule has 0 radical (unpaired) electrons. The zero-order chi connectivity index (χ0) is 16.5. The first-order valence-electron chi connectivity index (χ1n) is 8.10. The Bertz CT molecular complexity index is 412. The van der Waals surface area contributed by atoms with Crippen LogP contribution >= 0.6 is 0 Å². The molecular formula is C18H31NO3. The van der Waals surface area contributed by atoms with Crippen LogP contribution in [0.5, 0.6) is 11.5 Å². The van der Waals surface area contributed by atoms with Crippen molar-refractivity contribution in [1.29, 1.82) is 0 Å². The third-order valence-electron chi connectivity index (χ3n) is 3.78. The van der Waals surface area contributed by atoms with Gasteiger partial charge in [-0.2, -0.15) is 0 Å². The maximum absolute atomic E-state index is 9.98. The van der Waals surface area contributed by atoms with Crippen LogP contribution in [0.4, 0.5) is 0 Å². The molecule has 4 heteroatoms. The van der Waals surface area contributed by atoms with Gasteiger partial charge in [0, 0.05) is 19.2 Å². The summed E-state index contributed by atoms with van der Waals surface area (Å²) in [6.07, 6.45) is 1.62. The van der Waals surface area contributed by atoms with Crippen molar-refractivity contribution in [3.63, 3.8) is 0 Å². The molecule has 22 heavy (non-hydrogen) atoms. The van der Waals surface area contributed by atoms with E-state index in [0.717, 1.165) is 43.0 Å². The Labute approximate surface area is 135 Å². The number of benzene rings is 1. The highest BCUT2D eigenvalue weighted by Crippen LogP contribution is 2.23. The second kappa shape index (κ2) is 9.70. The molecule has 0 spiro atoms. The molecule has 0 aromatic heterocycles. The lowest BCUT2D eigenvalue weighted by Gasteiger charge is -2.26. The van der Waals surface area contributed by atoms with Crippen molar-refractivity contribution in [2.75, 3.05) is 27.3 Å². The summed E-state index contributed by atoms with van der Waals surface area (Å²) in [6, 6.07) is 5.94. The summed E-state index contributed by atoms with van der Waals surface area (Å²) in [5.74, 6) is 2.25. The molecule has 0 saturated heterocycles. The van der Waals surface area contributed by atoms with Crippen molar-refractivity contribution in [1.82, 2.24) is 4.90 Å². The maximum atomic E-state index is 9.98. The van der Waals surface area contributed by atoms with Crippen molar-refractivity contribution in [3.8, 4) is 11.5 Å². The molecule has 0 bridgehead atoms. The Morgan fingerprint density at radius 3 is 2.14 bits per heavy atom. The van der Waals surface area contributed by atoms with Gasteiger partial charge in [-0.3, -0.25) is 4.90 Å². The molecule has 1 rings (SSSR count). The molecule has 0 saturated carbocycles. The van der Waals surface area contributed by atoms with E-state index in [4.69, 9.17) is 9.47 Å². The van der Waals surface area contributed by atoms with Gasteiger partial charge in [-0.15, -0.1) is 0 Å². The first-order valence-corrected chi connectivity index (χ1v) is 8.10. The monoisotopic (exact) mass is 309 g/mol. The van der Waals surface area contributed by atoms with Gasteiger partial charge in [-0.25, -0.2) is 0 Å². The minimum atomic E-state index is -0.278. The number of aliphatic hydroxyl groups is 1. The van der Waals surface area contributed by atoms with Crippen LogP contribution in [0, 0.1) is 5.92 Å². The Kier molecular flexibility index (Phi) is 8.28. The van der Waals surface area contributed by atoms with E-state index >= 15 is 0 Å². The molecule has 4 nitrogen and oxygen atoms in total. The molecule has 0 fully saturated rings. The summed E-state index contributed by atoms with van der Waals surface area (Å²) in [4.78, 5) is 2.31. The topological polar surface area (TPSA) is 41.9 Å². The first kappa shape index (κ1) is 18.8. The van der Waals surface area contributed by atoms with Crippen LogP contribution in [-0.2, 0) is 6.54 Å². The van der Waals surface area contributed by atoms with Crippen molar-refractivity contribution < 1.29 is 14.6 Å². The number of ether oxygens (including phenoxy) is 2. The lowest BCUT2D eigenvalue weighted by atomic mass is 10.1. The number of aliphatic hydroxyl groups excluding tert-OH is 1. The van der Waals surface area contributed by atoms with E-state index in [1.54, 1.807) is 14.2 Å². The molecule has 0 aliphatic rings. The zero-order valence-electron chi connectivity index (χ0n) is 14.6. The third kappa shape index (κ3) is 6.67. The van der Waals surface area contributed by atoms with E-state index in [-0.39, 0.29) is 6.10 Å². The second-order valence-electron chi connectivity index (χ2n) is 6.20. The summed E-state index contributed by atoms with van der Waals surface area (Å²) in [5.41, 5.74) is 1.14. The van der Waals surface area contributed by atoms with E-state index in [1.807, 2.05) is 25.1 Å². The van der Waals surface area contributed by atoms with E-state index in [0.29, 0.717) is 12.5 Å².